The van der Waals surface area contributed by atoms with Crippen molar-refractivity contribution >= 4 is 21.4 Å². The van der Waals surface area contributed by atoms with E-state index in [2.05, 4.69) is 20.4 Å². The number of amides is 1. The molecule has 0 radical (unpaired) electrons. The van der Waals surface area contributed by atoms with Crippen LogP contribution in [0.15, 0.2) is 31.0 Å². The predicted molar refractivity (Wildman–Crippen MR) is 87.5 cm³/mol. The number of carbonyl (C=O) groups is 1. The molecule has 0 saturated carbocycles. The molecular weight excluding hydrogens is 332 g/mol. The number of nitrogens with one attached hydrogen (secondary N) is 1. The van der Waals surface area contributed by atoms with Crippen LogP contribution in [0.1, 0.15) is 6.42 Å². The first kappa shape index (κ1) is 16.5. The van der Waals surface area contributed by atoms with Gasteiger partial charge in [-0.05, 0) is 25.6 Å². The second kappa shape index (κ2) is 6.65. The number of anilines is 1. The molecule has 0 spiro atoms. The standard InChI is InChI=1S/C14H18N6O3S/c1-19(12-4-5-24(22,23)8-12)7-14(21)18-11-2-3-13(16-6-11)20-10-15-9-17-20/h2-3,6,9-10,12H,4-5,7-8H2,1H3,(H,18,21)/t12-/m0/s1. The smallest absolute Gasteiger partial charge is 0.238 e. The van der Waals surface area contributed by atoms with Crippen molar-refractivity contribution in [1.29, 1.82) is 0 Å². The van der Waals surface area contributed by atoms with Gasteiger partial charge in [0.2, 0.25) is 5.91 Å². The van der Waals surface area contributed by atoms with Gasteiger partial charge in [0.05, 0.1) is 29.9 Å². The Morgan fingerprint density at radius 2 is 2.29 bits per heavy atom. The van der Waals surface area contributed by atoms with Gasteiger partial charge in [-0.15, -0.1) is 0 Å². The van der Waals surface area contributed by atoms with Gasteiger partial charge in [-0.3, -0.25) is 9.69 Å². The highest BCUT2D eigenvalue weighted by molar-refractivity contribution is 7.91. The molecule has 128 valence electrons. The molecule has 1 aliphatic heterocycles. The molecule has 3 rings (SSSR count). The van der Waals surface area contributed by atoms with Crippen molar-refractivity contribution in [2.75, 3.05) is 30.4 Å². The molecule has 1 fully saturated rings. The van der Waals surface area contributed by atoms with E-state index in [1.54, 1.807) is 24.1 Å². The molecule has 1 saturated heterocycles. The number of nitrogens with zero attached hydrogens (tertiary/aromatic N) is 5. The number of aromatic nitrogens is 4. The van der Waals surface area contributed by atoms with E-state index in [1.165, 1.54) is 23.5 Å². The molecule has 3 heterocycles. The van der Waals surface area contributed by atoms with Crippen molar-refractivity contribution in [3.63, 3.8) is 0 Å². The number of hydrogen-bond donors (Lipinski definition) is 1. The van der Waals surface area contributed by atoms with E-state index in [4.69, 9.17) is 0 Å². The van der Waals surface area contributed by atoms with Crippen molar-refractivity contribution in [1.82, 2.24) is 24.6 Å². The Balaban J connectivity index is 1.55. The third kappa shape index (κ3) is 3.95. The van der Waals surface area contributed by atoms with Gasteiger partial charge < -0.3 is 5.32 Å². The minimum atomic E-state index is -2.96. The summed E-state index contributed by atoms with van der Waals surface area (Å²) in [6, 6.07) is 3.34. The Kier molecular flexibility index (Phi) is 4.58. The first-order chi connectivity index (χ1) is 11.4. The van der Waals surface area contributed by atoms with E-state index in [0.29, 0.717) is 17.9 Å². The topological polar surface area (TPSA) is 110 Å². The van der Waals surface area contributed by atoms with Gasteiger partial charge in [0.25, 0.3) is 0 Å². The van der Waals surface area contributed by atoms with E-state index >= 15 is 0 Å². The molecule has 2 aromatic rings. The summed E-state index contributed by atoms with van der Waals surface area (Å²) in [5, 5.41) is 6.72. The lowest BCUT2D eigenvalue weighted by atomic mass is 10.2. The van der Waals surface area contributed by atoms with Crippen LogP contribution < -0.4 is 5.32 Å². The molecule has 0 unspecified atom stereocenters. The van der Waals surface area contributed by atoms with Gasteiger partial charge >= 0.3 is 0 Å². The Hall–Kier alpha value is -2.33. The summed E-state index contributed by atoms with van der Waals surface area (Å²) in [6.07, 6.45) is 5.05. The molecule has 24 heavy (non-hydrogen) atoms. The van der Waals surface area contributed by atoms with E-state index in [1.807, 2.05) is 0 Å². The fourth-order valence-electron chi connectivity index (χ4n) is 2.60. The first-order valence-electron chi connectivity index (χ1n) is 7.44. The third-order valence-electron chi connectivity index (χ3n) is 3.91. The second-order valence-electron chi connectivity index (χ2n) is 5.77. The number of pyridine rings is 1. The van der Waals surface area contributed by atoms with E-state index in [0.717, 1.165) is 0 Å². The van der Waals surface area contributed by atoms with Crippen molar-refractivity contribution in [3.8, 4) is 5.82 Å². The second-order valence-corrected chi connectivity index (χ2v) is 7.99. The number of carbonyl (C=O) groups excluding carboxylic acids is 1. The van der Waals surface area contributed by atoms with Crippen LogP contribution in [0.25, 0.3) is 5.82 Å². The molecule has 0 aliphatic carbocycles. The van der Waals surface area contributed by atoms with Crippen LogP contribution in [-0.2, 0) is 14.6 Å². The number of hydrogen-bond acceptors (Lipinski definition) is 7. The van der Waals surface area contributed by atoms with E-state index < -0.39 is 9.84 Å². The minimum Gasteiger partial charge on any atom is -0.324 e. The molecule has 9 nitrogen and oxygen atoms in total. The zero-order chi connectivity index (χ0) is 17.2. The zero-order valence-corrected chi connectivity index (χ0v) is 14.0. The highest BCUT2D eigenvalue weighted by Gasteiger charge is 2.31. The lowest BCUT2D eigenvalue weighted by molar-refractivity contribution is -0.117. The maximum absolute atomic E-state index is 12.1. The van der Waals surface area contributed by atoms with Gasteiger partial charge in [0, 0.05) is 6.04 Å². The molecule has 1 atom stereocenters. The lowest BCUT2D eigenvalue weighted by Gasteiger charge is -2.22. The summed E-state index contributed by atoms with van der Waals surface area (Å²) in [7, 11) is -1.20. The summed E-state index contributed by atoms with van der Waals surface area (Å²) in [4.78, 5) is 21.9. The molecule has 0 bridgehead atoms. The highest BCUT2D eigenvalue weighted by atomic mass is 32.2. The largest absolute Gasteiger partial charge is 0.324 e. The van der Waals surface area contributed by atoms with Crippen LogP contribution in [0.5, 0.6) is 0 Å². The fraction of sp³-hybridized carbons (Fsp3) is 0.429. The zero-order valence-electron chi connectivity index (χ0n) is 13.2. The summed E-state index contributed by atoms with van der Waals surface area (Å²) in [6.45, 7) is 0.130. The number of rotatable bonds is 5. The first-order valence-corrected chi connectivity index (χ1v) is 9.27. The number of sulfone groups is 1. The van der Waals surface area contributed by atoms with Crippen molar-refractivity contribution in [3.05, 3.63) is 31.0 Å². The molecule has 10 heteroatoms. The molecule has 1 amide bonds. The maximum atomic E-state index is 12.1. The van der Waals surface area contributed by atoms with E-state index in [9.17, 15) is 13.2 Å². The third-order valence-corrected chi connectivity index (χ3v) is 5.66. The van der Waals surface area contributed by atoms with Crippen LogP contribution in [0.3, 0.4) is 0 Å². The number of likely N-dealkylation sites (N-methyl/N-ethyl adjacent to an activating group) is 1. The quantitative estimate of drug-likeness (QED) is 0.789. The van der Waals surface area contributed by atoms with Gasteiger partial charge in [-0.1, -0.05) is 0 Å². The van der Waals surface area contributed by atoms with Crippen LogP contribution >= 0.6 is 0 Å². The van der Waals surface area contributed by atoms with E-state index in [-0.39, 0.29) is 30.0 Å². The van der Waals surface area contributed by atoms with Gasteiger partial charge in [-0.2, -0.15) is 5.10 Å². The Labute approximate surface area is 139 Å². The lowest BCUT2D eigenvalue weighted by Crippen LogP contribution is -2.38. The van der Waals surface area contributed by atoms with Gasteiger partial charge in [-0.25, -0.2) is 23.1 Å². The van der Waals surface area contributed by atoms with Crippen molar-refractivity contribution in [2.45, 2.75) is 12.5 Å². The SMILES string of the molecule is CN(CC(=O)Nc1ccc(-n2cncn2)nc1)[C@H]1CCS(=O)(=O)C1. The molecule has 0 aromatic carbocycles. The Morgan fingerprint density at radius 3 is 2.88 bits per heavy atom. The minimum absolute atomic E-state index is 0.103. The van der Waals surface area contributed by atoms with Gasteiger partial charge in [0.1, 0.15) is 12.7 Å². The summed E-state index contributed by atoms with van der Waals surface area (Å²) < 4.78 is 24.5. The van der Waals surface area contributed by atoms with Crippen molar-refractivity contribution < 1.29 is 13.2 Å². The van der Waals surface area contributed by atoms with Crippen LogP contribution in [0.4, 0.5) is 5.69 Å². The normalized spacial score (nSPS) is 19.5. The Bertz CT molecular complexity index is 804. The summed E-state index contributed by atoms with van der Waals surface area (Å²) >= 11 is 0. The van der Waals surface area contributed by atoms with Crippen LogP contribution in [-0.4, -0.2) is 70.1 Å². The van der Waals surface area contributed by atoms with Crippen LogP contribution in [0, 0.1) is 0 Å². The average molecular weight is 350 g/mol. The monoisotopic (exact) mass is 350 g/mol. The van der Waals surface area contributed by atoms with Gasteiger partial charge in [0.15, 0.2) is 15.7 Å². The molecule has 1 aliphatic rings. The average Bonchev–Trinajstić information content (AvgIpc) is 3.17. The predicted octanol–water partition coefficient (Wildman–Crippen LogP) is -0.280. The Morgan fingerprint density at radius 1 is 1.46 bits per heavy atom. The summed E-state index contributed by atoms with van der Waals surface area (Å²) in [5.41, 5.74) is 0.566. The van der Waals surface area contributed by atoms with Crippen molar-refractivity contribution in [2.24, 2.45) is 0 Å². The van der Waals surface area contributed by atoms with Crippen LogP contribution in [0.2, 0.25) is 0 Å². The molecular formula is C14H18N6O3S. The highest BCUT2D eigenvalue weighted by Crippen LogP contribution is 2.16. The fourth-order valence-corrected chi connectivity index (χ4v) is 4.41. The summed E-state index contributed by atoms with van der Waals surface area (Å²) in [5.74, 6) is 0.693. The molecule has 2 aromatic heterocycles. The maximum Gasteiger partial charge on any atom is 0.238 e. The molecule has 1 N–H and O–H groups in total.